The monoisotopic (exact) mass is 176 g/mol. The van der Waals surface area contributed by atoms with Crippen LogP contribution in [0.2, 0.25) is 0 Å². The molecule has 0 spiro atoms. The molecule has 4 nitrogen and oxygen atoms in total. The summed E-state index contributed by atoms with van der Waals surface area (Å²) >= 11 is 5.32. The fraction of sp³-hybridized carbons (Fsp3) is 0.500. The number of alkyl halides is 1. The lowest BCUT2D eigenvalue weighted by atomic mass is 10.2. The highest BCUT2D eigenvalue weighted by Gasteiger charge is 2.17. The van der Waals surface area contributed by atoms with Gasteiger partial charge in [-0.2, -0.15) is 0 Å². The highest BCUT2D eigenvalue weighted by atomic mass is 35.5. The van der Waals surface area contributed by atoms with Crippen molar-refractivity contribution < 1.29 is 10.2 Å². The second kappa shape index (κ2) is 3.71. The Hall–Kier alpha value is -0.580. The predicted molar refractivity (Wildman–Crippen MR) is 40.3 cm³/mol. The van der Waals surface area contributed by atoms with Gasteiger partial charge < -0.3 is 15.2 Å². The molecule has 0 fully saturated rings. The Balaban J connectivity index is 2.62. The fourth-order valence-corrected chi connectivity index (χ4v) is 0.889. The van der Waals surface area contributed by atoms with Crippen LogP contribution in [0.4, 0.5) is 0 Å². The van der Waals surface area contributed by atoms with Gasteiger partial charge in [0, 0.05) is 0 Å². The van der Waals surface area contributed by atoms with Gasteiger partial charge in [0.25, 0.3) is 0 Å². The third kappa shape index (κ3) is 1.92. The Bertz CT molecular complexity index is 202. The predicted octanol–water partition coefficient (Wildman–Crippen LogP) is 0.0428. The van der Waals surface area contributed by atoms with Gasteiger partial charge >= 0.3 is 0 Å². The van der Waals surface area contributed by atoms with Gasteiger partial charge in [-0.05, 0) is 0 Å². The zero-order valence-corrected chi connectivity index (χ0v) is 6.49. The zero-order chi connectivity index (χ0) is 8.27. The molecule has 2 unspecified atom stereocenters. The first kappa shape index (κ1) is 8.52. The Labute approximate surface area is 68.8 Å². The van der Waals surface area contributed by atoms with Crippen molar-refractivity contribution in [3.05, 3.63) is 18.2 Å². The molecule has 0 amide bonds. The van der Waals surface area contributed by atoms with E-state index in [0.717, 1.165) is 0 Å². The molecule has 0 saturated heterocycles. The molecule has 0 bridgehead atoms. The van der Waals surface area contributed by atoms with Gasteiger partial charge in [0.1, 0.15) is 6.10 Å². The topological polar surface area (TPSA) is 69.1 Å². The van der Waals surface area contributed by atoms with Crippen LogP contribution < -0.4 is 0 Å². The van der Waals surface area contributed by atoms with Crippen LogP contribution in [0.5, 0.6) is 0 Å². The molecule has 0 aliphatic rings. The Morgan fingerprint density at radius 3 is 2.82 bits per heavy atom. The number of rotatable bonds is 3. The van der Waals surface area contributed by atoms with E-state index in [2.05, 4.69) is 9.97 Å². The van der Waals surface area contributed by atoms with E-state index < -0.39 is 12.2 Å². The van der Waals surface area contributed by atoms with Crippen LogP contribution in [0.15, 0.2) is 12.5 Å². The van der Waals surface area contributed by atoms with Crippen molar-refractivity contribution in [1.29, 1.82) is 0 Å². The van der Waals surface area contributed by atoms with Gasteiger partial charge in [-0.25, -0.2) is 4.98 Å². The van der Waals surface area contributed by atoms with E-state index in [4.69, 9.17) is 16.7 Å². The first-order valence-electron chi connectivity index (χ1n) is 3.16. The minimum atomic E-state index is -0.977. The maximum atomic E-state index is 9.27. The summed E-state index contributed by atoms with van der Waals surface area (Å²) in [6, 6.07) is 0. The van der Waals surface area contributed by atoms with E-state index in [1.807, 2.05) is 0 Å². The number of hydrogen-bond acceptors (Lipinski definition) is 3. The molecule has 1 heterocycles. The van der Waals surface area contributed by atoms with Gasteiger partial charge in [-0.3, -0.25) is 0 Å². The molecule has 1 rings (SSSR count). The van der Waals surface area contributed by atoms with E-state index in [1.54, 1.807) is 0 Å². The van der Waals surface area contributed by atoms with Crippen molar-refractivity contribution in [2.24, 2.45) is 0 Å². The van der Waals surface area contributed by atoms with Crippen LogP contribution >= 0.6 is 11.6 Å². The van der Waals surface area contributed by atoms with E-state index in [9.17, 15) is 5.11 Å². The number of aliphatic hydroxyl groups excluding tert-OH is 2. The minimum absolute atomic E-state index is 0.000185. The SMILES string of the molecule is OC(CCl)C(O)c1cnc[nH]1. The van der Waals surface area contributed by atoms with Gasteiger partial charge in [0.2, 0.25) is 0 Å². The second-order valence-corrected chi connectivity index (χ2v) is 2.48. The van der Waals surface area contributed by atoms with Gasteiger partial charge in [-0.15, -0.1) is 11.6 Å². The second-order valence-electron chi connectivity index (χ2n) is 2.17. The number of nitrogens with one attached hydrogen (secondary N) is 1. The minimum Gasteiger partial charge on any atom is -0.389 e. The third-order valence-corrected chi connectivity index (χ3v) is 1.68. The van der Waals surface area contributed by atoms with Crippen LogP contribution in [0, 0.1) is 0 Å². The maximum Gasteiger partial charge on any atom is 0.122 e. The van der Waals surface area contributed by atoms with Crippen LogP contribution in [-0.2, 0) is 0 Å². The van der Waals surface area contributed by atoms with Crippen LogP contribution in [0.1, 0.15) is 11.8 Å². The molecule has 1 aromatic heterocycles. The number of aliphatic hydroxyl groups is 2. The third-order valence-electron chi connectivity index (χ3n) is 1.36. The number of aromatic amines is 1. The summed E-state index contributed by atoms with van der Waals surface area (Å²) in [7, 11) is 0. The number of nitrogens with zero attached hydrogens (tertiary/aromatic N) is 1. The summed E-state index contributed by atoms with van der Waals surface area (Å²) in [6.45, 7) is 0. The number of imidazole rings is 1. The van der Waals surface area contributed by atoms with Crippen molar-refractivity contribution in [3.8, 4) is 0 Å². The van der Waals surface area contributed by atoms with Gasteiger partial charge in [-0.1, -0.05) is 0 Å². The Morgan fingerprint density at radius 1 is 1.64 bits per heavy atom. The Morgan fingerprint density at radius 2 is 2.36 bits per heavy atom. The van der Waals surface area contributed by atoms with Crippen molar-refractivity contribution in [2.75, 3.05) is 5.88 Å². The molecule has 2 atom stereocenters. The summed E-state index contributed by atoms with van der Waals surface area (Å²) in [5, 5.41) is 18.3. The molecule has 1 aromatic rings. The van der Waals surface area contributed by atoms with Gasteiger partial charge in [0.15, 0.2) is 0 Å². The molecule has 0 saturated carbocycles. The van der Waals surface area contributed by atoms with Crippen molar-refractivity contribution in [3.63, 3.8) is 0 Å². The molecule has 0 radical (unpaired) electrons. The lowest BCUT2D eigenvalue weighted by Gasteiger charge is -2.12. The lowest BCUT2D eigenvalue weighted by molar-refractivity contribution is 0.0302. The highest BCUT2D eigenvalue weighted by Crippen LogP contribution is 2.13. The molecule has 0 aliphatic heterocycles. The molecule has 62 valence electrons. The molecule has 11 heavy (non-hydrogen) atoms. The summed E-state index contributed by atoms with van der Waals surface area (Å²) in [4.78, 5) is 6.36. The maximum absolute atomic E-state index is 9.27. The standard InChI is InChI=1S/C6H9ClN2O2/c7-1-5(10)6(11)4-2-8-3-9-4/h2-3,5-6,10-11H,1H2,(H,8,9). The highest BCUT2D eigenvalue weighted by molar-refractivity contribution is 6.18. The number of halogens is 1. The lowest BCUT2D eigenvalue weighted by Crippen LogP contribution is -2.19. The van der Waals surface area contributed by atoms with Crippen LogP contribution in [0.25, 0.3) is 0 Å². The Kier molecular flexibility index (Phi) is 2.87. The summed E-state index contributed by atoms with van der Waals surface area (Å²) in [5.41, 5.74) is 0.471. The molecule has 3 N–H and O–H groups in total. The fourth-order valence-electron chi connectivity index (χ4n) is 0.720. The van der Waals surface area contributed by atoms with Crippen molar-refractivity contribution in [1.82, 2.24) is 9.97 Å². The summed E-state index contributed by atoms with van der Waals surface area (Å²) in [5.74, 6) is 0.000185. The van der Waals surface area contributed by atoms with Crippen LogP contribution in [0.3, 0.4) is 0 Å². The quantitative estimate of drug-likeness (QED) is 0.570. The summed E-state index contributed by atoms with van der Waals surface area (Å²) in [6.07, 6.45) is 0.951. The first-order chi connectivity index (χ1) is 5.25. The zero-order valence-electron chi connectivity index (χ0n) is 5.74. The number of aromatic nitrogens is 2. The molecule has 5 heteroatoms. The normalized spacial score (nSPS) is 16.3. The van der Waals surface area contributed by atoms with E-state index in [0.29, 0.717) is 5.69 Å². The van der Waals surface area contributed by atoms with E-state index >= 15 is 0 Å². The van der Waals surface area contributed by atoms with E-state index in [-0.39, 0.29) is 5.88 Å². The smallest absolute Gasteiger partial charge is 0.122 e. The van der Waals surface area contributed by atoms with Gasteiger partial charge in [0.05, 0.1) is 30.2 Å². The van der Waals surface area contributed by atoms with Crippen molar-refractivity contribution >= 4 is 11.6 Å². The van der Waals surface area contributed by atoms with Crippen LogP contribution in [-0.4, -0.2) is 32.2 Å². The van der Waals surface area contributed by atoms with Crippen molar-refractivity contribution in [2.45, 2.75) is 12.2 Å². The first-order valence-corrected chi connectivity index (χ1v) is 3.69. The number of hydrogen-bond donors (Lipinski definition) is 3. The molecule has 0 aromatic carbocycles. The largest absolute Gasteiger partial charge is 0.389 e. The number of H-pyrrole nitrogens is 1. The molecular formula is C6H9ClN2O2. The van der Waals surface area contributed by atoms with E-state index in [1.165, 1.54) is 12.5 Å². The average molecular weight is 177 g/mol. The summed E-state index contributed by atoms with van der Waals surface area (Å²) < 4.78 is 0. The molecule has 0 aliphatic carbocycles. The molecular weight excluding hydrogens is 168 g/mol. The average Bonchev–Trinajstić information content (AvgIpc) is 2.53.